The van der Waals surface area contributed by atoms with Gasteiger partial charge in [-0.3, -0.25) is 19.3 Å². The third-order valence-electron chi connectivity index (χ3n) is 3.81. The molecule has 3 rings (SSSR count). The van der Waals surface area contributed by atoms with E-state index in [-0.39, 0.29) is 17.2 Å². The lowest BCUT2D eigenvalue weighted by molar-refractivity contribution is -0.118. The molecule has 1 saturated heterocycles. The zero-order valence-corrected chi connectivity index (χ0v) is 14.0. The number of benzene rings is 1. The van der Waals surface area contributed by atoms with Crippen molar-refractivity contribution in [3.8, 4) is 0 Å². The summed E-state index contributed by atoms with van der Waals surface area (Å²) in [6.45, 7) is 3.10. The molecule has 2 amide bonds. The number of hydrogen-bond acceptors (Lipinski definition) is 6. The zero-order chi connectivity index (χ0) is 18.4. The summed E-state index contributed by atoms with van der Waals surface area (Å²) in [6, 6.07) is 9.32. The number of aromatic nitrogens is 2. The van der Waals surface area contributed by atoms with Crippen LogP contribution in [0.1, 0.15) is 10.5 Å². The third kappa shape index (κ3) is 4.98. The van der Waals surface area contributed by atoms with E-state index in [2.05, 4.69) is 20.8 Å². The van der Waals surface area contributed by atoms with Crippen molar-refractivity contribution in [2.75, 3.05) is 43.5 Å². The molecule has 26 heavy (non-hydrogen) atoms. The fourth-order valence-corrected chi connectivity index (χ4v) is 2.47. The third-order valence-corrected chi connectivity index (χ3v) is 3.81. The van der Waals surface area contributed by atoms with E-state index in [0.29, 0.717) is 31.1 Å². The number of morpholine rings is 1. The van der Waals surface area contributed by atoms with E-state index in [1.54, 1.807) is 24.3 Å². The predicted octanol–water partition coefficient (Wildman–Crippen LogP) is 0.293. The Morgan fingerprint density at radius 3 is 2.31 bits per heavy atom. The van der Waals surface area contributed by atoms with Crippen LogP contribution in [0.4, 0.5) is 11.4 Å². The van der Waals surface area contributed by atoms with Gasteiger partial charge in [0.1, 0.15) is 5.69 Å². The van der Waals surface area contributed by atoms with Crippen LogP contribution in [-0.2, 0) is 9.53 Å². The molecule has 1 aromatic carbocycles. The maximum absolute atomic E-state index is 12.1. The molecule has 0 unspecified atom stereocenters. The molecule has 9 heteroatoms. The van der Waals surface area contributed by atoms with Gasteiger partial charge in [-0.05, 0) is 30.3 Å². The Morgan fingerprint density at radius 2 is 1.69 bits per heavy atom. The van der Waals surface area contributed by atoms with Gasteiger partial charge in [0.2, 0.25) is 5.91 Å². The number of ether oxygens (including phenoxy) is 1. The van der Waals surface area contributed by atoms with Gasteiger partial charge in [0.25, 0.3) is 11.5 Å². The van der Waals surface area contributed by atoms with Gasteiger partial charge in [0.05, 0.1) is 19.8 Å². The standard InChI is InChI=1S/C17H19N5O4/c23-15-6-5-14(20-21-15)17(25)19-13-3-1-12(2-4-13)18-16(24)11-22-7-9-26-10-8-22/h1-6H,7-11H2,(H,18,24)(H,19,25)(H,21,23). The molecule has 1 aliphatic rings. The number of aromatic amines is 1. The molecule has 2 aromatic rings. The van der Waals surface area contributed by atoms with Crippen LogP contribution in [0.15, 0.2) is 41.2 Å². The van der Waals surface area contributed by atoms with Crippen LogP contribution in [0.25, 0.3) is 0 Å². The van der Waals surface area contributed by atoms with Crippen molar-refractivity contribution in [3.05, 3.63) is 52.4 Å². The lowest BCUT2D eigenvalue weighted by Crippen LogP contribution is -2.41. The molecular weight excluding hydrogens is 338 g/mol. The summed E-state index contributed by atoms with van der Waals surface area (Å²) in [5.41, 5.74) is 0.920. The predicted molar refractivity (Wildman–Crippen MR) is 95.1 cm³/mol. The minimum absolute atomic E-state index is 0.0962. The number of anilines is 2. The Balaban J connectivity index is 1.52. The second-order valence-corrected chi connectivity index (χ2v) is 5.77. The molecule has 0 atom stereocenters. The summed E-state index contributed by atoms with van der Waals surface area (Å²) in [4.78, 5) is 37.1. The molecule has 1 aromatic heterocycles. The van der Waals surface area contributed by atoms with Crippen LogP contribution in [0.3, 0.4) is 0 Å². The van der Waals surface area contributed by atoms with Gasteiger partial charge in [-0.15, -0.1) is 0 Å². The maximum atomic E-state index is 12.1. The molecule has 136 valence electrons. The van der Waals surface area contributed by atoms with Crippen LogP contribution in [0.5, 0.6) is 0 Å². The van der Waals surface area contributed by atoms with Gasteiger partial charge >= 0.3 is 0 Å². The fourth-order valence-electron chi connectivity index (χ4n) is 2.47. The van der Waals surface area contributed by atoms with Gasteiger partial charge in [-0.1, -0.05) is 0 Å². The minimum atomic E-state index is -0.439. The van der Waals surface area contributed by atoms with Gasteiger partial charge in [-0.2, -0.15) is 5.10 Å². The Bertz CT molecular complexity index is 807. The first-order valence-electron chi connectivity index (χ1n) is 8.17. The molecule has 1 aliphatic heterocycles. The largest absolute Gasteiger partial charge is 0.379 e. The highest BCUT2D eigenvalue weighted by molar-refractivity contribution is 6.02. The Labute approximate surface area is 149 Å². The number of amides is 2. The molecule has 0 radical (unpaired) electrons. The van der Waals surface area contributed by atoms with Gasteiger partial charge in [0, 0.05) is 30.5 Å². The second kappa shape index (κ2) is 8.37. The number of rotatable bonds is 5. The molecule has 0 spiro atoms. The fraction of sp³-hybridized carbons (Fsp3) is 0.294. The molecule has 0 aliphatic carbocycles. The zero-order valence-electron chi connectivity index (χ0n) is 14.0. The SMILES string of the molecule is O=C(CN1CCOCC1)Nc1ccc(NC(=O)c2ccc(=O)[nH]n2)cc1. The van der Waals surface area contributed by atoms with E-state index in [9.17, 15) is 14.4 Å². The van der Waals surface area contributed by atoms with Crippen molar-refractivity contribution in [1.29, 1.82) is 0 Å². The van der Waals surface area contributed by atoms with Gasteiger partial charge in [-0.25, -0.2) is 5.10 Å². The molecule has 9 nitrogen and oxygen atoms in total. The Hall–Kier alpha value is -3.04. The monoisotopic (exact) mass is 357 g/mol. The number of carbonyl (C=O) groups excluding carboxylic acids is 2. The summed E-state index contributed by atoms with van der Waals surface area (Å²) in [5, 5.41) is 11.4. The smallest absolute Gasteiger partial charge is 0.276 e. The summed E-state index contributed by atoms with van der Waals surface area (Å²) in [7, 11) is 0. The number of H-pyrrole nitrogens is 1. The van der Waals surface area contributed by atoms with E-state index in [1.807, 2.05) is 4.90 Å². The van der Waals surface area contributed by atoms with Crippen LogP contribution in [0.2, 0.25) is 0 Å². The van der Waals surface area contributed by atoms with E-state index in [1.165, 1.54) is 12.1 Å². The van der Waals surface area contributed by atoms with Crippen molar-refractivity contribution in [2.45, 2.75) is 0 Å². The molecule has 3 N–H and O–H groups in total. The molecule has 1 fully saturated rings. The lowest BCUT2D eigenvalue weighted by atomic mass is 10.2. The van der Waals surface area contributed by atoms with Gasteiger partial charge < -0.3 is 15.4 Å². The molecule has 0 bridgehead atoms. The van der Waals surface area contributed by atoms with E-state index in [4.69, 9.17) is 4.74 Å². The highest BCUT2D eigenvalue weighted by atomic mass is 16.5. The molecular formula is C17H19N5O4. The van der Waals surface area contributed by atoms with Crippen molar-refractivity contribution in [3.63, 3.8) is 0 Å². The average Bonchev–Trinajstić information content (AvgIpc) is 2.64. The van der Waals surface area contributed by atoms with E-state index >= 15 is 0 Å². The van der Waals surface area contributed by atoms with Crippen LogP contribution in [0, 0.1) is 0 Å². The van der Waals surface area contributed by atoms with Crippen LogP contribution in [-0.4, -0.2) is 59.8 Å². The highest BCUT2D eigenvalue weighted by Gasteiger charge is 2.14. The summed E-state index contributed by atoms with van der Waals surface area (Å²) in [5.74, 6) is -0.536. The molecule has 2 heterocycles. The van der Waals surface area contributed by atoms with E-state index < -0.39 is 5.91 Å². The topological polar surface area (TPSA) is 116 Å². The second-order valence-electron chi connectivity index (χ2n) is 5.77. The quantitative estimate of drug-likeness (QED) is 0.708. The lowest BCUT2D eigenvalue weighted by Gasteiger charge is -2.25. The number of hydrogen-bond donors (Lipinski definition) is 3. The summed E-state index contributed by atoms with van der Waals surface area (Å²) in [6.07, 6.45) is 0. The van der Waals surface area contributed by atoms with Crippen molar-refractivity contribution in [1.82, 2.24) is 15.1 Å². The minimum Gasteiger partial charge on any atom is -0.379 e. The van der Waals surface area contributed by atoms with Gasteiger partial charge in [0.15, 0.2) is 0 Å². The Morgan fingerprint density at radius 1 is 1.04 bits per heavy atom. The molecule has 0 saturated carbocycles. The number of nitrogens with one attached hydrogen (secondary N) is 3. The van der Waals surface area contributed by atoms with E-state index in [0.717, 1.165) is 13.1 Å². The van der Waals surface area contributed by atoms with Crippen molar-refractivity contribution < 1.29 is 14.3 Å². The highest BCUT2D eigenvalue weighted by Crippen LogP contribution is 2.14. The summed E-state index contributed by atoms with van der Waals surface area (Å²) < 4.78 is 5.25. The average molecular weight is 357 g/mol. The number of nitrogens with zero attached hydrogens (tertiary/aromatic N) is 2. The summed E-state index contributed by atoms with van der Waals surface area (Å²) >= 11 is 0. The van der Waals surface area contributed by atoms with Crippen molar-refractivity contribution in [2.24, 2.45) is 0 Å². The first-order valence-corrected chi connectivity index (χ1v) is 8.17. The maximum Gasteiger partial charge on any atom is 0.276 e. The van der Waals surface area contributed by atoms with Crippen molar-refractivity contribution >= 4 is 23.2 Å². The Kier molecular flexibility index (Phi) is 5.72. The van der Waals surface area contributed by atoms with Crippen LogP contribution >= 0.6 is 0 Å². The number of carbonyl (C=O) groups is 2. The first-order chi connectivity index (χ1) is 12.6. The van der Waals surface area contributed by atoms with Crippen LogP contribution < -0.4 is 16.2 Å². The normalized spacial score (nSPS) is 14.6. The first kappa shape index (κ1) is 17.8.